The molecule has 0 aliphatic rings. The summed E-state index contributed by atoms with van der Waals surface area (Å²) in [5.74, 6) is 0. The first-order valence-corrected chi connectivity index (χ1v) is 7.44. The average molecular weight is 309 g/mol. The number of ether oxygens (including phenoxy) is 1. The molecule has 0 atom stereocenters. The topological polar surface area (TPSA) is 55.4 Å². The highest BCUT2D eigenvalue weighted by atomic mass is 16.5. The Balaban J connectivity index is 1.65. The van der Waals surface area contributed by atoms with Crippen molar-refractivity contribution >= 4 is 18.5 Å². The zero-order valence-electron chi connectivity index (χ0n) is 12.8. The molecule has 23 heavy (non-hydrogen) atoms. The number of amides is 1. The van der Waals surface area contributed by atoms with Gasteiger partial charge in [0.25, 0.3) is 0 Å². The third-order valence-electron chi connectivity index (χ3n) is 3.15. The summed E-state index contributed by atoms with van der Waals surface area (Å²) in [6, 6.07) is 16.9. The number of carbonyl (C=O) groups is 2. The molecule has 0 spiro atoms. The Bertz CT molecular complexity index is 665. The van der Waals surface area contributed by atoms with E-state index >= 15 is 0 Å². The fourth-order valence-corrected chi connectivity index (χ4v) is 1.99. The van der Waals surface area contributed by atoms with Crippen molar-refractivity contribution in [3.63, 3.8) is 0 Å². The van der Waals surface area contributed by atoms with Gasteiger partial charge < -0.3 is 10.1 Å². The summed E-state index contributed by atoms with van der Waals surface area (Å²) in [5, 5.41) is 2.69. The second kappa shape index (κ2) is 9.20. The molecule has 0 aliphatic heterocycles. The van der Waals surface area contributed by atoms with Gasteiger partial charge in [-0.05, 0) is 23.6 Å². The van der Waals surface area contributed by atoms with Crippen LogP contribution in [0.15, 0.2) is 60.7 Å². The quantitative estimate of drug-likeness (QED) is 0.624. The van der Waals surface area contributed by atoms with E-state index in [-0.39, 0.29) is 6.61 Å². The molecule has 118 valence electrons. The lowest BCUT2D eigenvalue weighted by molar-refractivity contribution is 0.112. The fraction of sp³-hybridized carbons (Fsp3) is 0.158. The van der Waals surface area contributed by atoms with Crippen molar-refractivity contribution in [3.8, 4) is 0 Å². The Hall–Kier alpha value is -2.88. The minimum atomic E-state index is -0.426. The molecule has 4 nitrogen and oxygen atoms in total. The number of nitrogens with one attached hydrogen (secondary N) is 1. The maximum Gasteiger partial charge on any atom is 0.407 e. The van der Waals surface area contributed by atoms with E-state index in [1.54, 1.807) is 6.07 Å². The van der Waals surface area contributed by atoms with Gasteiger partial charge >= 0.3 is 6.09 Å². The zero-order valence-corrected chi connectivity index (χ0v) is 12.8. The van der Waals surface area contributed by atoms with E-state index in [9.17, 15) is 9.59 Å². The summed E-state index contributed by atoms with van der Waals surface area (Å²) in [5.41, 5.74) is 2.56. The minimum Gasteiger partial charge on any atom is -0.445 e. The molecular weight excluding hydrogens is 290 g/mol. The molecule has 0 radical (unpaired) electrons. The van der Waals surface area contributed by atoms with Crippen LogP contribution in [0, 0.1) is 0 Å². The highest BCUT2D eigenvalue weighted by molar-refractivity contribution is 5.76. The molecule has 0 unspecified atom stereocenters. The first-order chi connectivity index (χ1) is 11.3. The van der Waals surface area contributed by atoms with E-state index in [0.717, 1.165) is 17.4 Å². The zero-order chi connectivity index (χ0) is 16.3. The normalized spacial score (nSPS) is 10.4. The van der Waals surface area contributed by atoms with Crippen LogP contribution >= 0.6 is 0 Å². The van der Waals surface area contributed by atoms with Gasteiger partial charge in [0, 0.05) is 12.1 Å². The van der Waals surface area contributed by atoms with Crippen LogP contribution in [-0.2, 0) is 11.3 Å². The van der Waals surface area contributed by atoms with Crippen LogP contribution in [0.4, 0.5) is 4.79 Å². The van der Waals surface area contributed by atoms with E-state index in [0.29, 0.717) is 18.5 Å². The molecule has 4 heteroatoms. The van der Waals surface area contributed by atoms with E-state index in [2.05, 4.69) is 5.32 Å². The van der Waals surface area contributed by atoms with Gasteiger partial charge in [0.1, 0.15) is 12.9 Å². The van der Waals surface area contributed by atoms with Crippen LogP contribution in [0.5, 0.6) is 0 Å². The van der Waals surface area contributed by atoms with Gasteiger partial charge in [-0.3, -0.25) is 4.79 Å². The fourth-order valence-electron chi connectivity index (χ4n) is 1.99. The van der Waals surface area contributed by atoms with Gasteiger partial charge in [-0.15, -0.1) is 0 Å². The van der Waals surface area contributed by atoms with E-state index in [4.69, 9.17) is 4.74 Å². The maximum atomic E-state index is 11.5. The van der Waals surface area contributed by atoms with Crippen molar-refractivity contribution in [2.45, 2.75) is 13.0 Å². The Kier molecular flexibility index (Phi) is 6.60. The van der Waals surface area contributed by atoms with Gasteiger partial charge in [0.15, 0.2) is 0 Å². The van der Waals surface area contributed by atoms with Crippen molar-refractivity contribution in [2.75, 3.05) is 6.54 Å². The second-order valence-electron chi connectivity index (χ2n) is 4.97. The molecule has 1 N–H and O–H groups in total. The lowest BCUT2D eigenvalue weighted by Gasteiger charge is -2.05. The summed E-state index contributed by atoms with van der Waals surface area (Å²) in [4.78, 5) is 22.2. The van der Waals surface area contributed by atoms with Crippen molar-refractivity contribution in [1.82, 2.24) is 5.32 Å². The van der Waals surface area contributed by atoms with Crippen molar-refractivity contribution in [2.24, 2.45) is 0 Å². The third kappa shape index (κ3) is 6.18. The molecule has 0 aliphatic carbocycles. The summed E-state index contributed by atoms with van der Waals surface area (Å²) >= 11 is 0. The molecule has 1 amide bonds. The Morgan fingerprint density at radius 1 is 1.04 bits per heavy atom. The molecule has 0 aromatic heterocycles. The molecule has 0 saturated carbocycles. The number of hydrogen-bond acceptors (Lipinski definition) is 3. The summed E-state index contributed by atoms with van der Waals surface area (Å²) < 4.78 is 5.11. The average Bonchev–Trinajstić information content (AvgIpc) is 2.61. The smallest absolute Gasteiger partial charge is 0.407 e. The number of alkyl carbamates (subject to hydrolysis) is 1. The van der Waals surface area contributed by atoms with Gasteiger partial charge in [0.05, 0.1) is 0 Å². The monoisotopic (exact) mass is 309 g/mol. The molecular formula is C19H19NO3. The maximum absolute atomic E-state index is 11.5. The van der Waals surface area contributed by atoms with Crippen molar-refractivity contribution < 1.29 is 14.3 Å². The minimum absolute atomic E-state index is 0.265. The van der Waals surface area contributed by atoms with Gasteiger partial charge in [-0.2, -0.15) is 0 Å². The van der Waals surface area contributed by atoms with Gasteiger partial charge in [0.2, 0.25) is 0 Å². The van der Waals surface area contributed by atoms with Crippen LogP contribution in [0.1, 0.15) is 27.9 Å². The molecule has 0 saturated heterocycles. The largest absolute Gasteiger partial charge is 0.445 e. The Labute approximate surface area is 135 Å². The van der Waals surface area contributed by atoms with Crippen molar-refractivity contribution in [3.05, 3.63) is 77.4 Å². The predicted molar refractivity (Wildman–Crippen MR) is 90.1 cm³/mol. The molecule has 0 bridgehead atoms. The van der Waals surface area contributed by atoms with Crippen LogP contribution in [0.3, 0.4) is 0 Å². The standard InChI is InChI=1S/C19H19NO3/c21-14-18-11-6-10-16(13-18)7-4-5-12-20-19(22)23-15-17-8-2-1-3-9-17/h1-4,6-11,13-14H,5,12,15H2,(H,20,22). The molecule has 2 aromatic rings. The van der Waals surface area contributed by atoms with Crippen LogP contribution in [0.2, 0.25) is 0 Å². The van der Waals surface area contributed by atoms with Gasteiger partial charge in [-0.25, -0.2) is 4.79 Å². The summed E-state index contributed by atoms with van der Waals surface area (Å²) in [6.45, 7) is 0.762. The SMILES string of the molecule is O=Cc1cccc(C=CCCNC(=O)OCc2ccccc2)c1. The number of carbonyl (C=O) groups excluding carboxylic acids is 2. The first kappa shape index (κ1) is 16.5. The highest BCUT2D eigenvalue weighted by Gasteiger charge is 2.00. The Morgan fingerprint density at radius 2 is 1.83 bits per heavy atom. The van der Waals surface area contributed by atoms with Crippen LogP contribution < -0.4 is 5.32 Å². The first-order valence-electron chi connectivity index (χ1n) is 7.44. The summed E-state index contributed by atoms with van der Waals surface area (Å²) in [7, 11) is 0. The predicted octanol–water partition coefficient (Wildman–Crippen LogP) is 3.83. The number of rotatable bonds is 7. The highest BCUT2D eigenvalue weighted by Crippen LogP contribution is 2.05. The van der Waals surface area contributed by atoms with Gasteiger partial charge in [-0.1, -0.05) is 60.7 Å². The van der Waals surface area contributed by atoms with E-state index in [1.807, 2.05) is 60.7 Å². The van der Waals surface area contributed by atoms with E-state index < -0.39 is 6.09 Å². The second-order valence-corrected chi connectivity index (χ2v) is 4.97. The van der Waals surface area contributed by atoms with Crippen LogP contribution in [-0.4, -0.2) is 18.9 Å². The van der Waals surface area contributed by atoms with Crippen molar-refractivity contribution in [1.29, 1.82) is 0 Å². The third-order valence-corrected chi connectivity index (χ3v) is 3.15. The van der Waals surface area contributed by atoms with E-state index in [1.165, 1.54) is 0 Å². The molecule has 0 fully saturated rings. The number of aldehydes is 1. The molecule has 2 aromatic carbocycles. The molecule has 0 heterocycles. The lowest BCUT2D eigenvalue weighted by Crippen LogP contribution is -2.24. The number of benzene rings is 2. The lowest BCUT2D eigenvalue weighted by atomic mass is 10.1. The summed E-state index contributed by atoms with van der Waals surface area (Å²) in [6.07, 6.45) is 4.95. The number of hydrogen-bond donors (Lipinski definition) is 1. The Morgan fingerprint density at radius 3 is 2.61 bits per heavy atom. The van der Waals surface area contributed by atoms with Crippen LogP contribution in [0.25, 0.3) is 6.08 Å². The molecule has 2 rings (SSSR count).